The van der Waals surface area contributed by atoms with Gasteiger partial charge in [0, 0.05) is 12.7 Å². The Morgan fingerprint density at radius 3 is 2.62 bits per heavy atom. The predicted octanol–water partition coefficient (Wildman–Crippen LogP) is 5.00. The van der Waals surface area contributed by atoms with Crippen LogP contribution in [-0.2, 0) is 6.18 Å². The highest BCUT2D eigenvalue weighted by Crippen LogP contribution is 2.35. The van der Waals surface area contributed by atoms with Crippen LogP contribution in [-0.4, -0.2) is 62.5 Å². The van der Waals surface area contributed by atoms with E-state index in [0.717, 1.165) is 43.5 Å². The van der Waals surface area contributed by atoms with Gasteiger partial charge in [0.05, 0.1) is 22.8 Å². The third-order valence-corrected chi connectivity index (χ3v) is 8.25. The number of aliphatic hydroxyl groups is 1. The Hall–Kier alpha value is -2.62. The molecule has 0 aliphatic carbocycles. The molecule has 0 saturated carbocycles. The first-order chi connectivity index (χ1) is 18.9. The molecular weight excluding hydrogens is 592 g/mol. The van der Waals surface area contributed by atoms with Crippen LogP contribution in [0.25, 0.3) is 0 Å². The summed E-state index contributed by atoms with van der Waals surface area (Å²) in [4.78, 5) is 31.3. The van der Waals surface area contributed by atoms with Crippen molar-refractivity contribution < 1.29 is 23.1 Å². The lowest BCUT2D eigenvalue weighted by Gasteiger charge is -2.29. The molecule has 4 N–H and O–H groups in total. The van der Waals surface area contributed by atoms with Crippen molar-refractivity contribution >= 4 is 52.1 Å². The molecule has 4 heterocycles. The van der Waals surface area contributed by atoms with Gasteiger partial charge in [0.1, 0.15) is 44.8 Å². The van der Waals surface area contributed by atoms with Crippen molar-refractivity contribution in [2.24, 2.45) is 5.92 Å². The Morgan fingerprint density at radius 1 is 1.20 bits per heavy atom. The number of aromatic nitrogens is 4. The van der Waals surface area contributed by atoms with Crippen molar-refractivity contribution in [2.45, 2.75) is 38.2 Å². The molecule has 3 aromatic rings. The number of halogens is 5. The van der Waals surface area contributed by atoms with Gasteiger partial charge in [-0.3, -0.25) is 10.1 Å². The quantitative estimate of drug-likeness (QED) is 0.245. The first kappa shape index (κ1) is 30.3. The molecule has 1 aliphatic heterocycles. The van der Waals surface area contributed by atoms with Crippen LogP contribution in [0.5, 0.6) is 0 Å². The van der Waals surface area contributed by atoms with E-state index in [4.69, 9.17) is 23.2 Å². The number of thiazole rings is 1. The number of anilines is 2. The average Bonchev–Trinajstić information content (AvgIpc) is 3.40. The molecule has 1 saturated heterocycles. The zero-order chi connectivity index (χ0) is 29.0. The minimum atomic E-state index is -4.70. The van der Waals surface area contributed by atoms with Crippen LogP contribution in [0.1, 0.15) is 58.0 Å². The molecule has 1 amide bonds. The Labute approximate surface area is 242 Å². The van der Waals surface area contributed by atoms with Gasteiger partial charge in [-0.25, -0.2) is 19.9 Å². The number of carbonyl (C=O) groups excluding carboxylic acids is 1. The molecule has 3 aromatic heterocycles. The average molecular weight is 620 g/mol. The van der Waals surface area contributed by atoms with E-state index in [0.29, 0.717) is 29.4 Å². The van der Waals surface area contributed by atoms with Crippen molar-refractivity contribution in [1.29, 1.82) is 0 Å². The molecule has 216 valence electrons. The van der Waals surface area contributed by atoms with Gasteiger partial charge >= 0.3 is 6.18 Å². The molecule has 4 rings (SSSR count). The number of hydrogen-bond acceptors (Lipinski definition) is 10. The smallest absolute Gasteiger partial charge is 0.373 e. The molecule has 1 fully saturated rings. The molecular formula is C24H27Cl2F3N8O2S. The van der Waals surface area contributed by atoms with Crippen LogP contribution in [0.2, 0.25) is 10.0 Å². The van der Waals surface area contributed by atoms with Crippen molar-refractivity contribution in [3.05, 3.63) is 56.0 Å². The Balaban J connectivity index is 1.36. The summed E-state index contributed by atoms with van der Waals surface area (Å²) in [5.74, 6) is -0.0838. The summed E-state index contributed by atoms with van der Waals surface area (Å²) in [5, 5.41) is 19.4. The van der Waals surface area contributed by atoms with E-state index in [1.807, 2.05) is 0 Å². The summed E-state index contributed by atoms with van der Waals surface area (Å²) in [6, 6.07) is 0.124. The van der Waals surface area contributed by atoms with Crippen LogP contribution in [0, 0.1) is 5.92 Å². The molecule has 0 radical (unpaired) electrons. The highest BCUT2D eigenvalue weighted by atomic mass is 35.5. The Morgan fingerprint density at radius 2 is 1.93 bits per heavy atom. The lowest BCUT2D eigenvalue weighted by Crippen LogP contribution is -2.33. The monoisotopic (exact) mass is 618 g/mol. The maximum atomic E-state index is 13.1. The number of amides is 1. The molecule has 2 unspecified atom stereocenters. The lowest BCUT2D eigenvalue weighted by atomic mass is 9.97. The fourth-order valence-electron chi connectivity index (χ4n) is 4.09. The van der Waals surface area contributed by atoms with Gasteiger partial charge in [0.15, 0.2) is 0 Å². The van der Waals surface area contributed by atoms with Crippen molar-refractivity contribution in [3.8, 4) is 0 Å². The number of aliphatic hydroxyl groups excluding tert-OH is 1. The first-order valence-electron chi connectivity index (χ1n) is 12.3. The van der Waals surface area contributed by atoms with Crippen LogP contribution in [0.4, 0.5) is 24.8 Å². The van der Waals surface area contributed by atoms with Crippen molar-refractivity contribution in [3.63, 3.8) is 0 Å². The van der Waals surface area contributed by atoms with Gasteiger partial charge in [-0.15, -0.1) is 11.3 Å². The summed E-state index contributed by atoms with van der Waals surface area (Å²) < 4.78 is 39.3. The van der Waals surface area contributed by atoms with Gasteiger partial charge in [-0.1, -0.05) is 23.2 Å². The summed E-state index contributed by atoms with van der Waals surface area (Å²) >= 11 is 13.1. The molecule has 40 heavy (non-hydrogen) atoms. The second kappa shape index (κ2) is 12.9. The SMILES string of the molecule is CC(NC(O)c1ncnc(NCC2CCN(C)CC2)c1Cl)c1ncc(C(=O)Nc2cc(C(F)(F)F)c(Cl)cn2)s1. The maximum Gasteiger partial charge on any atom is 0.418 e. The van der Waals surface area contributed by atoms with Gasteiger partial charge in [-0.2, -0.15) is 13.2 Å². The number of alkyl halides is 3. The van der Waals surface area contributed by atoms with Crippen molar-refractivity contribution in [1.82, 2.24) is 30.2 Å². The highest BCUT2D eigenvalue weighted by molar-refractivity contribution is 7.13. The number of nitrogens with zero attached hydrogens (tertiary/aromatic N) is 5. The van der Waals surface area contributed by atoms with E-state index >= 15 is 0 Å². The lowest BCUT2D eigenvalue weighted by molar-refractivity contribution is -0.137. The molecule has 16 heteroatoms. The van der Waals surface area contributed by atoms with Gasteiger partial charge in [-0.05, 0) is 51.9 Å². The minimum Gasteiger partial charge on any atom is -0.373 e. The number of hydrogen-bond donors (Lipinski definition) is 4. The Kier molecular flexibility index (Phi) is 9.80. The molecule has 10 nitrogen and oxygen atoms in total. The molecule has 0 bridgehead atoms. The normalized spacial score (nSPS) is 16.5. The fraction of sp³-hybridized carbons (Fsp3) is 0.458. The third kappa shape index (κ3) is 7.56. The van der Waals surface area contributed by atoms with Gasteiger partial charge in [0.25, 0.3) is 5.91 Å². The van der Waals surface area contributed by atoms with E-state index in [-0.39, 0.29) is 21.4 Å². The largest absolute Gasteiger partial charge is 0.418 e. The fourth-order valence-corrected chi connectivity index (χ4v) is 5.39. The molecule has 0 spiro atoms. The topological polar surface area (TPSA) is 128 Å². The summed E-state index contributed by atoms with van der Waals surface area (Å²) in [6.07, 6.45) is -0.417. The van der Waals surface area contributed by atoms with Gasteiger partial charge < -0.3 is 20.6 Å². The van der Waals surface area contributed by atoms with Gasteiger partial charge in [0.2, 0.25) is 0 Å². The number of piperidine rings is 1. The van der Waals surface area contributed by atoms with Crippen LogP contribution < -0.4 is 16.0 Å². The molecule has 2 atom stereocenters. The first-order valence-corrected chi connectivity index (χ1v) is 13.9. The highest BCUT2D eigenvalue weighted by Gasteiger charge is 2.34. The second-order valence-corrected chi connectivity index (χ2v) is 11.3. The predicted molar refractivity (Wildman–Crippen MR) is 147 cm³/mol. The third-order valence-electron chi connectivity index (χ3n) is 6.40. The number of pyridine rings is 1. The van der Waals surface area contributed by atoms with E-state index in [1.165, 1.54) is 12.5 Å². The number of nitrogens with one attached hydrogen (secondary N) is 3. The second-order valence-electron chi connectivity index (χ2n) is 9.40. The summed E-state index contributed by atoms with van der Waals surface area (Å²) in [7, 11) is 2.10. The zero-order valence-corrected chi connectivity index (χ0v) is 23.8. The Bertz CT molecular complexity index is 1340. The maximum absolute atomic E-state index is 13.1. The minimum absolute atomic E-state index is 0.129. The number of carbonyl (C=O) groups is 1. The van der Waals surface area contributed by atoms with Crippen LogP contribution in [0.15, 0.2) is 24.8 Å². The standard InChI is InChI=1S/C24H27Cl2F3N8O2S/c1-12(23-32-10-16(40-23)21(38)36-17-7-14(24(27,28)29)15(25)9-30-17)35-22(39)19-18(26)20(34-11-33-19)31-8-13-3-5-37(2)6-4-13/h7,9-13,22,35,39H,3-6,8H2,1-2H3,(H,30,36,38)(H,31,33,34). The molecule has 0 aromatic carbocycles. The van der Waals surface area contributed by atoms with Crippen LogP contribution >= 0.6 is 34.5 Å². The van der Waals surface area contributed by atoms with E-state index in [9.17, 15) is 23.1 Å². The zero-order valence-electron chi connectivity index (χ0n) is 21.5. The number of rotatable bonds is 9. The van der Waals surface area contributed by atoms with Crippen LogP contribution in [0.3, 0.4) is 0 Å². The van der Waals surface area contributed by atoms with E-state index in [2.05, 4.69) is 47.8 Å². The molecule has 1 aliphatic rings. The summed E-state index contributed by atoms with van der Waals surface area (Å²) in [6.45, 7) is 4.49. The van der Waals surface area contributed by atoms with Crippen molar-refractivity contribution in [2.75, 3.05) is 37.3 Å². The van der Waals surface area contributed by atoms with E-state index in [1.54, 1.807) is 6.92 Å². The number of likely N-dealkylation sites (tertiary alicyclic amines) is 1. The summed E-state index contributed by atoms with van der Waals surface area (Å²) in [5.41, 5.74) is -0.932. The van der Waals surface area contributed by atoms with E-state index < -0.39 is 34.9 Å².